The van der Waals surface area contributed by atoms with Gasteiger partial charge in [0.1, 0.15) is 0 Å². The second kappa shape index (κ2) is 10.4. The van der Waals surface area contributed by atoms with E-state index < -0.39 is 0 Å². The van der Waals surface area contributed by atoms with Gasteiger partial charge in [-0.1, -0.05) is 0 Å². The fourth-order valence-corrected chi connectivity index (χ4v) is 1.38. The number of quaternary nitrogens is 2. The number of halogens is 2. The van der Waals surface area contributed by atoms with Gasteiger partial charge in [0.2, 0.25) is 0 Å². The van der Waals surface area contributed by atoms with E-state index in [4.69, 9.17) is 4.74 Å². The van der Waals surface area contributed by atoms with Crippen molar-refractivity contribution in [1.82, 2.24) is 0 Å². The molecule has 0 aromatic carbocycles. The second-order valence-corrected chi connectivity index (χ2v) is 6.35. The van der Waals surface area contributed by atoms with E-state index in [0.717, 1.165) is 35.0 Å². The third-order valence-corrected chi connectivity index (χ3v) is 2.24. The number of nitrogens with zero attached hydrogens (tertiary/aromatic N) is 2. The van der Waals surface area contributed by atoms with Crippen LogP contribution in [0.5, 0.6) is 0 Å². The Balaban J connectivity index is -0.000000980. The van der Waals surface area contributed by atoms with Crippen LogP contribution in [0.25, 0.3) is 0 Å². The molecule has 0 fully saturated rings. The Labute approximate surface area is 120 Å². The summed E-state index contributed by atoms with van der Waals surface area (Å²) in [5, 5.41) is 0. The van der Waals surface area contributed by atoms with E-state index in [1.54, 1.807) is 0 Å². The lowest BCUT2D eigenvalue weighted by molar-refractivity contribution is -0.871. The molecule has 0 bridgehead atoms. The summed E-state index contributed by atoms with van der Waals surface area (Å²) < 4.78 is 7.66. The first-order chi connectivity index (χ1) is 6.71. The van der Waals surface area contributed by atoms with Crippen LogP contribution in [0.3, 0.4) is 0 Å². The third-order valence-electron chi connectivity index (χ3n) is 2.24. The summed E-state index contributed by atoms with van der Waals surface area (Å²) in [5.41, 5.74) is 0. The van der Waals surface area contributed by atoms with E-state index in [2.05, 4.69) is 42.3 Å². The molecule has 0 rings (SSSR count). The summed E-state index contributed by atoms with van der Waals surface area (Å²) in [6, 6.07) is 0. The van der Waals surface area contributed by atoms with Crippen molar-refractivity contribution < 1.29 is 38.5 Å². The number of hydrogen-bond acceptors (Lipinski definition) is 1. The Morgan fingerprint density at radius 3 is 1.18 bits per heavy atom. The van der Waals surface area contributed by atoms with Crippen molar-refractivity contribution in [2.75, 3.05) is 68.6 Å². The molecule has 0 saturated carbocycles. The fourth-order valence-electron chi connectivity index (χ4n) is 1.38. The molecule has 0 saturated heterocycles. The highest BCUT2D eigenvalue weighted by atomic mass is 35.5. The van der Waals surface area contributed by atoms with E-state index in [1.807, 2.05) is 0 Å². The van der Waals surface area contributed by atoms with Crippen LogP contribution in [0, 0.1) is 0 Å². The number of rotatable bonds is 8. The summed E-state index contributed by atoms with van der Waals surface area (Å²) in [6.07, 6.45) is 2.32. The van der Waals surface area contributed by atoms with Crippen LogP contribution < -0.4 is 24.8 Å². The fraction of sp³-hybridized carbons (Fsp3) is 1.00. The highest BCUT2D eigenvalue weighted by Gasteiger charge is 2.07. The molecule has 0 aliphatic heterocycles. The van der Waals surface area contributed by atoms with Crippen molar-refractivity contribution in [3.63, 3.8) is 0 Å². The Bertz CT molecular complexity index is 147. The predicted octanol–water partition coefficient (Wildman–Crippen LogP) is -4.80. The molecule has 0 aromatic rings. The monoisotopic (exact) mass is 288 g/mol. The van der Waals surface area contributed by atoms with Gasteiger partial charge in [-0.05, 0) is 0 Å². The van der Waals surface area contributed by atoms with Gasteiger partial charge < -0.3 is 38.5 Å². The van der Waals surface area contributed by atoms with Gasteiger partial charge in [0.25, 0.3) is 0 Å². The zero-order valence-corrected chi connectivity index (χ0v) is 13.8. The molecule has 0 heterocycles. The van der Waals surface area contributed by atoms with Gasteiger partial charge in [0.05, 0.1) is 68.6 Å². The Kier molecular flexibility index (Phi) is 13.8. The van der Waals surface area contributed by atoms with Crippen LogP contribution in [0.2, 0.25) is 0 Å². The molecule has 3 nitrogen and oxygen atoms in total. The van der Waals surface area contributed by atoms with Gasteiger partial charge in [0.15, 0.2) is 0 Å². The lowest BCUT2D eigenvalue weighted by Gasteiger charge is -2.24. The molecule has 17 heavy (non-hydrogen) atoms. The van der Waals surface area contributed by atoms with Gasteiger partial charge in [-0.2, -0.15) is 0 Å². The van der Waals surface area contributed by atoms with Crippen LogP contribution in [-0.4, -0.2) is 77.6 Å². The topological polar surface area (TPSA) is 9.23 Å². The van der Waals surface area contributed by atoms with Crippen LogP contribution >= 0.6 is 0 Å². The SMILES string of the molecule is C[N+](C)(C)CCCOCCC[N+](C)(C)C.[Cl-].[Cl-]. The minimum Gasteiger partial charge on any atom is -1.00 e. The van der Waals surface area contributed by atoms with E-state index >= 15 is 0 Å². The molecular weight excluding hydrogens is 259 g/mol. The predicted molar refractivity (Wildman–Crippen MR) is 65.9 cm³/mol. The van der Waals surface area contributed by atoms with Crippen LogP contribution in [-0.2, 0) is 4.74 Å². The number of ether oxygens (including phenoxy) is 1. The highest BCUT2D eigenvalue weighted by molar-refractivity contribution is 4.37. The maximum atomic E-state index is 5.60. The van der Waals surface area contributed by atoms with Crippen molar-refractivity contribution >= 4 is 0 Å². The minimum atomic E-state index is 0. The zero-order valence-electron chi connectivity index (χ0n) is 12.3. The molecule has 0 atom stereocenters. The maximum Gasteiger partial charge on any atom is 0.0802 e. The second-order valence-electron chi connectivity index (χ2n) is 6.35. The van der Waals surface area contributed by atoms with Gasteiger partial charge in [-0.3, -0.25) is 0 Å². The lowest BCUT2D eigenvalue weighted by atomic mass is 10.4. The quantitative estimate of drug-likeness (QED) is 0.322. The van der Waals surface area contributed by atoms with Gasteiger partial charge in [0, 0.05) is 12.8 Å². The summed E-state index contributed by atoms with van der Waals surface area (Å²) in [6.45, 7) is 4.20. The Morgan fingerprint density at radius 2 is 0.941 bits per heavy atom. The highest BCUT2D eigenvalue weighted by Crippen LogP contribution is 1.96. The third kappa shape index (κ3) is 22.2. The summed E-state index contributed by atoms with van der Waals surface area (Å²) >= 11 is 0. The molecule has 0 aliphatic carbocycles. The van der Waals surface area contributed by atoms with Crippen LogP contribution in [0.15, 0.2) is 0 Å². The van der Waals surface area contributed by atoms with E-state index in [0.29, 0.717) is 0 Å². The maximum absolute atomic E-state index is 5.60. The normalized spacial score (nSPS) is 11.6. The minimum absolute atomic E-state index is 0. The van der Waals surface area contributed by atoms with Crippen molar-refractivity contribution in [2.45, 2.75) is 12.8 Å². The molecule has 5 heteroatoms. The zero-order chi connectivity index (χ0) is 11.9. The average molecular weight is 289 g/mol. The molecule has 0 spiro atoms. The van der Waals surface area contributed by atoms with Gasteiger partial charge >= 0.3 is 0 Å². The Hall–Kier alpha value is 0.460. The summed E-state index contributed by atoms with van der Waals surface area (Å²) in [4.78, 5) is 0. The molecule has 0 amide bonds. The van der Waals surface area contributed by atoms with E-state index in [-0.39, 0.29) is 24.8 Å². The van der Waals surface area contributed by atoms with Crippen molar-refractivity contribution in [3.05, 3.63) is 0 Å². The van der Waals surface area contributed by atoms with Gasteiger partial charge in [-0.15, -0.1) is 0 Å². The van der Waals surface area contributed by atoms with E-state index in [9.17, 15) is 0 Å². The van der Waals surface area contributed by atoms with Crippen molar-refractivity contribution in [2.24, 2.45) is 0 Å². The average Bonchev–Trinajstić information content (AvgIpc) is 1.98. The Morgan fingerprint density at radius 1 is 0.647 bits per heavy atom. The molecule has 0 aromatic heterocycles. The summed E-state index contributed by atoms with van der Waals surface area (Å²) in [5.74, 6) is 0. The molecule has 0 N–H and O–H groups in total. The van der Waals surface area contributed by atoms with E-state index in [1.165, 1.54) is 13.1 Å². The molecule has 0 radical (unpaired) electrons. The van der Waals surface area contributed by atoms with Crippen molar-refractivity contribution in [3.8, 4) is 0 Å². The largest absolute Gasteiger partial charge is 1.00 e. The first-order valence-corrected chi connectivity index (χ1v) is 5.89. The first kappa shape index (κ1) is 22.6. The lowest BCUT2D eigenvalue weighted by Crippen LogP contribution is -3.00. The molecular formula is C12H30Cl2N2O. The molecule has 0 aliphatic rings. The standard InChI is InChI=1S/C12H30N2O.2ClH/c1-13(2,3)9-7-11-15-12-8-10-14(4,5)6;;/h7-12H2,1-6H3;2*1H/q+2;;/p-2. The van der Waals surface area contributed by atoms with Crippen LogP contribution in [0.1, 0.15) is 12.8 Å². The number of hydrogen-bond donors (Lipinski definition) is 0. The molecule has 0 unspecified atom stereocenters. The molecule has 108 valence electrons. The smallest absolute Gasteiger partial charge is 0.0802 e. The van der Waals surface area contributed by atoms with Gasteiger partial charge in [-0.25, -0.2) is 0 Å². The summed E-state index contributed by atoms with van der Waals surface area (Å²) in [7, 11) is 13.3. The van der Waals surface area contributed by atoms with Crippen molar-refractivity contribution in [1.29, 1.82) is 0 Å². The van der Waals surface area contributed by atoms with Crippen LogP contribution in [0.4, 0.5) is 0 Å². The first-order valence-electron chi connectivity index (χ1n) is 5.89.